The lowest BCUT2D eigenvalue weighted by Gasteiger charge is -2.16. The van der Waals surface area contributed by atoms with Crippen LogP contribution in [0.5, 0.6) is 17.2 Å². The van der Waals surface area contributed by atoms with Crippen LogP contribution in [0.2, 0.25) is 0 Å². The van der Waals surface area contributed by atoms with E-state index in [0.29, 0.717) is 30.7 Å². The molecule has 0 saturated carbocycles. The smallest absolute Gasteiger partial charge is 0.297 e. The van der Waals surface area contributed by atoms with Gasteiger partial charge in [-0.05, 0) is 31.4 Å². The van der Waals surface area contributed by atoms with E-state index in [1.807, 2.05) is 18.2 Å². The normalized spacial score (nSPS) is 11.1. The van der Waals surface area contributed by atoms with Crippen molar-refractivity contribution >= 4 is 10.9 Å². The summed E-state index contributed by atoms with van der Waals surface area (Å²) < 4.78 is 13.2. The van der Waals surface area contributed by atoms with Crippen LogP contribution >= 0.6 is 0 Å². The molecular formula is C23H35NO4. The summed E-state index contributed by atoms with van der Waals surface area (Å²) in [6.07, 6.45) is 8.27. The van der Waals surface area contributed by atoms with Crippen molar-refractivity contribution in [2.75, 3.05) is 13.2 Å². The molecule has 0 bridgehead atoms. The lowest BCUT2D eigenvalue weighted by atomic mass is 10.1. The summed E-state index contributed by atoms with van der Waals surface area (Å²) in [6, 6.07) is 5.54. The fourth-order valence-corrected chi connectivity index (χ4v) is 3.19. The highest BCUT2D eigenvalue weighted by Crippen LogP contribution is 2.33. The Bertz CT molecular complexity index is 797. The highest BCUT2D eigenvalue weighted by atomic mass is 16.5. The average Bonchev–Trinajstić information content (AvgIpc) is 2.70. The number of fused-ring (bicyclic) bond motifs is 1. The Morgan fingerprint density at radius 3 is 2.32 bits per heavy atom. The van der Waals surface area contributed by atoms with Crippen LogP contribution in [0.1, 0.15) is 72.1 Å². The number of nitrogens with zero attached hydrogens (tertiary/aromatic N) is 1. The standard InChI is InChI=1S/C23H35NO4/c1-4-7-10-11-16-27-18-12-13-19-20(17-18)24(14-8-5-2)23(26)22(21(19)25)28-15-9-6-3/h12-13,17,25H,4-11,14-16H2,1-3H3. The van der Waals surface area contributed by atoms with Gasteiger partial charge < -0.3 is 19.1 Å². The van der Waals surface area contributed by atoms with Gasteiger partial charge >= 0.3 is 0 Å². The van der Waals surface area contributed by atoms with Crippen LogP contribution in [-0.2, 0) is 6.54 Å². The molecule has 0 unspecified atom stereocenters. The Morgan fingerprint density at radius 1 is 0.893 bits per heavy atom. The highest BCUT2D eigenvalue weighted by molar-refractivity contribution is 5.88. The average molecular weight is 390 g/mol. The second-order valence-corrected chi connectivity index (χ2v) is 7.28. The summed E-state index contributed by atoms with van der Waals surface area (Å²) in [4.78, 5) is 13.0. The van der Waals surface area contributed by atoms with Crippen LogP contribution in [0.25, 0.3) is 10.9 Å². The molecule has 0 aliphatic carbocycles. The fourth-order valence-electron chi connectivity index (χ4n) is 3.19. The molecule has 0 spiro atoms. The molecule has 0 aliphatic heterocycles. The SMILES string of the molecule is CCCCCCOc1ccc2c(O)c(OCCCC)c(=O)n(CCCC)c2c1. The van der Waals surface area contributed by atoms with Gasteiger partial charge in [0, 0.05) is 18.0 Å². The van der Waals surface area contributed by atoms with E-state index in [9.17, 15) is 9.90 Å². The Balaban J connectivity index is 2.35. The molecule has 0 fully saturated rings. The molecule has 0 atom stereocenters. The minimum absolute atomic E-state index is 0.0605. The molecule has 1 heterocycles. The van der Waals surface area contributed by atoms with E-state index in [-0.39, 0.29) is 17.1 Å². The molecule has 0 amide bonds. The van der Waals surface area contributed by atoms with Crippen molar-refractivity contribution in [1.82, 2.24) is 4.57 Å². The van der Waals surface area contributed by atoms with Gasteiger partial charge in [0.15, 0.2) is 5.75 Å². The molecule has 5 nitrogen and oxygen atoms in total. The zero-order chi connectivity index (χ0) is 20.4. The fraction of sp³-hybridized carbons (Fsp3) is 0.609. The molecular weight excluding hydrogens is 354 g/mol. The minimum Gasteiger partial charge on any atom is -0.504 e. The van der Waals surface area contributed by atoms with Crippen LogP contribution in [0.15, 0.2) is 23.0 Å². The van der Waals surface area contributed by atoms with Crippen LogP contribution < -0.4 is 15.0 Å². The number of hydrogen-bond acceptors (Lipinski definition) is 4. The van der Waals surface area contributed by atoms with Gasteiger partial charge in [0.1, 0.15) is 5.75 Å². The highest BCUT2D eigenvalue weighted by Gasteiger charge is 2.18. The quantitative estimate of drug-likeness (QED) is 0.450. The van der Waals surface area contributed by atoms with E-state index < -0.39 is 0 Å². The van der Waals surface area contributed by atoms with E-state index in [4.69, 9.17) is 9.47 Å². The second-order valence-electron chi connectivity index (χ2n) is 7.28. The molecule has 0 radical (unpaired) electrons. The summed E-state index contributed by atoms with van der Waals surface area (Å²) in [5.41, 5.74) is 0.430. The Labute approximate surface area is 168 Å². The maximum Gasteiger partial charge on any atom is 0.297 e. The van der Waals surface area contributed by atoms with E-state index in [0.717, 1.165) is 44.3 Å². The van der Waals surface area contributed by atoms with E-state index in [1.165, 1.54) is 12.8 Å². The van der Waals surface area contributed by atoms with Gasteiger partial charge in [0.2, 0.25) is 5.75 Å². The van der Waals surface area contributed by atoms with Gasteiger partial charge in [-0.25, -0.2) is 0 Å². The summed E-state index contributed by atoms with van der Waals surface area (Å²) in [7, 11) is 0. The van der Waals surface area contributed by atoms with Crippen molar-refractivity contribution in [3.63, 3.8) is 0 Å². The van der Waals surface area contributed by atoms with Gasteiger partial charge in [-0.1, -0.05) is 52.9 Å². The van der Waals surface area contributed by atoms with Crippen molar-refractivity contribution in [2.24, 2.45) is 0 Å². The van der Waals surface area contributed by atoms with Crippen molar-refractivity contribution in [2.45, 2.75) is 78.7 Å². The van der Waals surface area contributed by atoms with Crippen LogP contribution in [0.3, 0.4) is 0 Å². The maximum absolute atomic E-state index is 13.0. The lowest BCUT2D eigenvalue weighted by molar-refractivity contribution is 0.287. The number of ether oxygens (including phenoxy) is 2. The van der Waals surface area contributed by atoms with Crippen LogP contribution in [-0.4, -0.2) is 22.9 Å². The van der Waals surface area contributed by atoms with E-state index in [1.54, 1.807) is 4.57 Å². The number of pyridine rings is 1. The third-order valence-electron chi connectivity index (χ3n) is 4.92. The topological polar surface area (TPSA) is 60.7 Å². The number of rotatable bonds is 13. The largest absolute Gasteiger partial charge is 0.504 e. The predicted octanol–water partition coefficient (Wildman–Crippen LogP) is 5.65. The number of aromatic hydroxyl groups is 1. The van der Waals surface area contributed by atoms with E-state index in [2.05, 4.69) is 20.8 Å². The number of aryl methyl sites for hydroxylation is 1. The predicted molar refractivity (Wildman–Crippen MR) is 115 cm³/mol. The third-order valence-corrected chi connectivity index (χ3v) is 4.92. The summed E-state index contributed by atoms with van der Waals surface area (Å²) in [5, 5.41) is 11.3. The first kappa shape index (κ1) is 22.1. The second kappa shape index (κ2) is 11.6. The summed E-state index contributed by atoms with van der Waals surface area (Å²) in [5.74, 6) is 0.719. The minimum atomic E-state index is -0.269. The molecule has 28 heavy (non-hydrogen) atoms. The molecule has 1 N–H and O–H groups in total. The molecule has 1 aromatic heterocycles. The molecule has 0 saturated heterocycles. The molecule has 5 heteroatoms. The molecule has 2 rings (SSSR count). The van der Waals surface area contributed by atoms with Crippen molar-refractivity contribution in [3.05, 3.63) is 28.6 Å². The third kappa shape index (κ3) is 5.66. The first-order valence-corrected chi connectivity index (χ1v) is 10.8. The monoisotopic (exact) mass is 389 g/mol. The molecule has 1 aromatic carbocycles. The lowest BCUT2D eigenvalue weighted by Crippen LogP contribution is -2.23. The van der Waals surface area contributed by atoms with Gasteiger partial charge in [0.25, 0.3) is 5.56 Å². The van der Waals surface area contributed by atoms with E-state index >= 15 is 0 Å². The van der Waals surface area contributed by atoms with Crippen molar-refractivity contribution < 1.29 is 14.6 Å². The zero-order valence-corrected chi connectivity index (χ0v) is 17.6. The van der Waals surface area contributed by atoms with Crippen LogP contribution in [0.4, 0.5) is 0 Å². The van der Waals surface area contributed by atoms with Gasteiger partial charge in [-0.15, -0.1) is 0 Å². The number of hydrogen-bond donors (Lipinski definition) is 1. The summed E-state index contributed by atoms with van der Waals surface area (Å²) in [6.45, 7) is 8.03. The maximum atomic E-state index is 13.0. The van der Waals surface area contributed by atoms with Gasteiger partial charge in [-0.3, -0.25) is 4.79 Å². The Morgan fingerprint density at radius 2 is 1.61 bits per heavy atom. The first-order chi connectivity index (χ1) is 13.6. The zero-order valence-electron chi connectivity index (χ0n) is 17.6. The number of benzene rings is 1. The molecule has 0 aliphatic rings. The van der Waals surface area contributed by atoms with Crippen LogP contribution in [0, 0.1) is 0 Å². The molecule has 2 aromatic rings. The number of aromatic nitrogens is 1. The Hall–Kier alpha value is -2.17. The van der Waals surface area contributed by atoms with Gasteiger partial charge in [-0.2, -0.15) is 0 Å². The van der Waals surface area contributed by atoms with Gasteiger partial charge in [0.05, 0.1) is 18.7 Å². The first-order valence-electron chi connectivity index (χ1n) is 10.8. The Kier molecular flexibility index (Phi) is 9.18. The summed E-state index contributed by atoms with van der Waals surface area (Å²) >= 11 is 0. The van der Waals surface area contributed by atoms with Crippen molar-refractivity contribution in [3.8, 4) is 17.2 Å². The number of unbranched alkanes of at least 4 members (excludes halogenated alkanes) is 5. The van der Waals surface area contributed by atoms with Crippen molar-refractivity contribution in [1.29, 1.82) is 0 Å². The molecule has 156 valence electrons.